The molecule has 6 heteroatoms. The Bertz CT molecular complexity index is 819. The van der Waals surface area contributed by atoms with Crippen LogP contribution in [0.2, 0.25) is 0 Å². The molecule has 28 heavy (non-hydrogen) atoms. The first-order valence-corrected chi connectivity index (χ1v) is 10.6. The number of rotatable bonds is 7. The van der Waals surface area contributed by atoms with Crippen LogP contribution in [-0.2, 0) is 22.7 Å². The smallest absolute Gasteiger partial charge is 0.227 e. The first-order valence-electron chi connectivity index (χ1n) is 9.41. The molecule has 0 aromatic heterocycles. The molecule has 2 aromatic carbocycles. The number of nitrogens with one attached hydrogen (secondary N) is 1. The van der Waals surface area contributed by atoms with Gasteiger partial charge in [0.25, 0.3) is 0 Å². The molecule has 0 aliphatic carbocycles. The third kappa shape index (κ3) is 5.14. The van der Waals surface area contributed by atoms with Crippen LogP contribution in [0.3, 0.4) is 0 Å². The predicted octanol–water partition coefficient (Wildman–Crippen LogP) is 3.14. The van der Waals surface area contributed by atoms with Gasteiger partial charge in [0.15, 0.2) is 0 Å². The summed E-state index contributed by atoms with van der Waals surface area (Å²) in [4.78, 5) is 29.9. The van der Waals surface area contributed by atoms with Crippen LogP contribution >= 0.6 is 11.8 Å². The van der Waals surface area contributed by atoms with E-state index in [2.05, 4.69) is 22.3 Å². The van der Waals surface area contributed by atoms with E-state index in [1.54, 1.807) is 16.7 Å². The summed E-state index contributed by atoms with van der Waals surface area (Å²) in [6.07, 6.45) is 2.28. The van der Waals surface area contributed by atoms with Crippen molar-refractivity contribution in [2.24, 2.45) is 5.92 Å². The van der Waals surface area contributed by atoms with E-state index in [9.17, 15) is 9.59 Å². The Labute approximate surface area is 171 Å². The second-order valence-corrected chi connectivity index (χ2v) is 8.26. The van der Waals surface area contributed by atoms with E-state index >= 15 is 0 Å². The van der Waals surface area contributed by atoms with E-state index in [0.717, 1.165) is 22.7 Å². The summed E-state index contributed by atoms with van der Waals surface area (Å²) < 4.78 is 0. The van der Waals surface area contributed by atoms with Gasteiger partial charge >= 0.3 is 0 Å². The van der Waals surface area contributed by atoms with Crippen LogP contribution in [0.25, 0.3) is 0 Å². The molecule has 5 nitrogen and oxygen atoms in total. The Morgan fingerprint density at radius 1 is 1.11 bits per heavy atom. The number of anilines is 1. The van der Waals surface area contributed by atoms with E-state index in [-0.39, 0.29) is 24.2 Å². The van der Waals surface area contributed by atoms with Gasteiger partial charge in [-0.2, -0.15) is 0 Å². The van der Waals surface area contributed by atoms with Crippen LogP contribution in [0.1, 0.15) is 17.5 Å². The number of hydrogen-bond donors (Lipinski definition) is 1. The van der Waals surface area contributed by atoms with E-state index in [1.807, 2.05) is 56.7 Å². The van der Waals surface area contributed by atoms with Crippen molar-refractivity contribution in [1.29, 1.82) is 0 Å². The molecular formula is C22H27N3O2S. The van der Waals surface area contributed by atoms with Crippen molar-refractivity contribution in [3.63, 3.8) is 0 Å². The zero-order valence-electron chi connectivity index (χ0n) is 16.6. The van der Waals surface area contributed by atoms with E-state index < -0.39 is 0 Å². The topological polar surface area (TPSA) is 52.7 Å². The highest BCUT2D eigenvalue weighted by Gasteiger charge is 2.34. The standard InChI is InChI=1S/C22H27N3O2S/c1-24(2)14-17-6-4-16(5-7-17)13-23-22(27)18-12-21(26)25(15-18)19-8-10-20(28-3)11-9-19/h4-11,18H,12-15H2,1-3H3,(H,23,27). The Balaban J connectivity index is 1.54. The summed E-state index contributed by atoms with van der Waals surface area (Å²) >= 11 is 1.66. The number of nitrogens with zero attached hydrogens (tertiary/aromatic N) is 2. The van der Waals surface area contributed by atoms with E-state index in [4.69, 9.17) is 0 Å². The molecule has 148 valence electrons. The normalized spacial score (nSPS) is 16.6. The molecule has 1 heterocycles. The lowest BCUT2D eigenvalue weighted by molar-refractivity contribution is -0.126. The van der Waals surface area contributed by atoms with Gasteiger partial charge in [-0.3, -0.25) is 9.59 Å². The van der Waals surface area contributed by atoms with Gasteiger partial charge in [-0.1, -0.05) is 24.3 Å². The molecule has 1 aliphatic heterocycles. The maximum Gasteiger partial charge on any atom is 0.227 e. The van der Waals surface area contributed by atoms with Crippen molar-refractivity contribution in [3.8, 4) is 0 Å². The van der Waals surface area contributed by atoms with Gasteiger partial charge in [-0.05, 0) is 55.7 Å². The lowest BCUT2D eigenvalue weighted by atomic mass is 10.1. The van der Waals surface area contributed by atoms with Gasteiger partial charge in [0, 0.05) is 36.6 Å². The molecule has 3 rings (SSSR count). The van der Waals surface area contributed by atoms with Gasteiger partial charge < -0.3 is 15.1 Å². The van der Waals surface area contributed by atoms with Gasteiger partial charge in [0.05, 0.1) is 5.92 Å². The molecule has 1 atom stereocenters. The average Bonchev–Trinajstić information content (AvgIpc) is 3.08. The number of carbonyl (C=O) groups is 2. The van der Waals surface area contributed by atoms with Crippen molar-refractivity contribution < 1.29 is 9.59 Å². The minimum absolute atomic E-state index is 0.00471. The molecule has 2 aromatic rings. The van der Waals surface area contributed by atoms with Crippen molar-refractivity contribution in [2.45, 2.75) is 24.4 Å². The monoisotopic (exact) mass is 397 g/mol. The van der Waals surface area contributed by atoms with Crippen molar-refractivity contribution in [2.75, 3.05) is 31.8 Å². The molecule has 0 radical (unpaired) electrons. The largest absolute Gasteiger partial charge is 0.352 e. The molecule has 1 unspecified atom stereocenters. The molecule has 0 spiro atoms. The van der Waals surface area contributed by atoms with E-state index in [1.165, 1.54) is 5.56 Å². The average molecular weight is 398 g/mol. The molecule has 2 amide bonds. The van der Waals surface area contributed by atoms with Crippen LogP contribution < -0.4 is 10.2 Å². The minimum Gasteiger partial charge on any atom is -0.352 e. The van der Waals surface area contributed by atoms with Crippen LogP contribution in [-0.4, -0.2) is 43.6 Å². The van der Waals surface area contributed by atoms with Gasteiger partial charge in [-0.25, -0.2) is 0 Å². The van der Waals surface area contributed by atoms with Crippen molar-refractivity contribution in [1.82, 2.24) is 10.2 Å². The lowest BCUT2D eigenvalue weighted by Gasteiger charge is -2.17. The number of benzene rings is 2. The highest BCUT2D eigenvalue weighted by Crippen LogP contribution is 2.27. The third-order valence-electron chi connectivity index (χ3n) is 4.87. The fourth-order valence-corrected chi connectivity index (χ4v) is 3.76. The summed E-state index contributed by atoms with van der Waals surface area (Å²) in [5.74, 6) is -0.361. The Hall–Kier alpha value is -2.31. The minimum atomic E-state index is -0.305. The quantitative estimate of drug-likeness (QED) is 0.730. The van der Waals surface area contributed by atoms with Crippen LogP contribution in [0.4, 0.5) is 5.69 Å². The summed E-state index contributed by atoms with van der Waals surface area (Å²) in [6.45, 7) is 1.81. The van der Waals surface area contributed by atoms with Gasteiger partial charge in [0.2, 0.25) is 11.8 Å². The molecule has 1 aliphatic rings. The molecule has 1 saturated heterocycles. The Morgan fingerprint density at radius 3 is 2.36 bits per heavy atom. The first-order chi connectivity index (χ1) is 13.5. The third-order valence-corrected chi connectivity index (χ3v) is 5.61. The Morgan fingerprint density at radius 2 is 1.75 bits per heavy atom. The first kappa shape index (κ1) is 20.4. The number of carbonyl (C=O) groups excluding carboxylic acids is 2. The highest BCUT2D eigenvalue weighted by molar-refractivity contribution is 7.98. The van der Waals surface area contributed by atoms with Crippen LogP contribution in [0.15, 0.2) is 53.4 Å². The van der Waals surface area contributed by atoms with Gasteiger partial charge in [0.1, 0.15) is 0 Å². The zero-order chi connectivity index (χ0) is 20.1. The fraction of sp³-hybridized carbons (Fsp3) is 0.364. The lowest BCUT2D eigenvalue weighted by Crippen LogP contribution is -2.32. The van der Waals surface area contributed by atoms with E-state index in [0.29, 0.717) is 13.1 Å². The fourth-order valence-electron chi connectivity index (χ4n) is 3.36. The molecule has 0 saturated carbocycles. The van der Waals surface area contributed by atoms with Crippen molar-refractivity contribution in [3.05, 3.63) is 59.7 Å². The maximum atomic E-state index is 12.6. The van der Waals surface area contributed by atoms with Gasteiger partial charge in [-0.15, -0.1) is 11.8 Å². The van der Waals surface area contributed by atoms with Crippen molar-refractivity contribution >= 4 is 29.3 Å². The van der Waals surface area contributed by atoms with Crippen LogP contribution in [0, 0.1) is 5.92 Å². The van der Waals surface area contributed by atoms with Crippen LogP contribution in [0.5, 0.6) is 0 Å². The second-order valence-electron chi connectivity index (χ2n) is 7.38. The Kier molecular flexibility index (Phi) is 6.75. The summed E-state index contributed by atoms with van der Waals surface area (Å²) in [6, 6.07) is 16.1. The molecular weight excluding hydrogens is 370 g/mol. The molecule has 1 fully saturated rings. The maximum absolute atomic E-state index is 12.6. The summed E-state index contributed by atoms with van der Waals surface area (Å²) in [7, 11) is 4.08. The summed E-state index contributed by atoms with van der Waals surface area (Å²) in [5, 5.41) is 2.98. The SMILES string of the molecule is CSc1ccc(N2CC(C(=O)NCc3ccc(CN(C)C)cc3)CC2=O)cc1. The molecule has 0 bridgehead atoms. The second kappa shape index (κ2) is 9.26. The predicted molar refractivity (Wildman–Crippen MR) is 114 cm³/mol. The highest BCUT2D eigenvalue weighted by atomic mass is 32.2. The summed E-state index contributed by atoms with van der Waals surface area (Å²) in [5.41, 5.74) is 3.16. The molecule has 1 N–H and O–H groups in total. The number of thioether (sulfide) groups is 1. The number of hydrogen-bond acceptors (Lipinski definition) is 4. The number of amides is 2. The zero-order valence-corrected chi connectivity index (χ0v) is 17.5.